The minimum Gasteiger partial charge on any atom is -0.496 e. The average Bonchev–Trinajstić information content (AvgIpc) is 2.53. The summed E-state index contributed by atoms with van der Waals surface area (Å²) < 4.78 is 10.6. The molecular weight excluding hydrogens is 332 g/mol. The summed E-state index contributed by atoms with van der Waals surface area (Å²) in [5.74, 6) is 1.29. The topological polar surface area (TPSA) is 76.7 Å². The molecule has 7 heteroatoms. The van der Waals surface area contributed by atoms with Crippen molar-refractivity contribution < 1.29 is 19.1 Å². The minimum atomic E-state index is -0.367. The van der Waals surface area contributed by atoms with Gasteiger partial charge in [0.25, 0.3) is 0 Å². The number of nitrogens with one attached hydrogen (secondary N) is 2. The fourth-order valence-corrected chi connectivity index (χ4v) is 2.34. The van der Waals surface area contributed by atoms with Gasteiger partial charge in [0.15, 0.2) is 5.78 Å². The van der Waals surface area contributed by atoms with Crippen molar-refractivity contribution >= 4 is 29.1 Å². The molecule has 2 amide bonds. The lowest BCUT2D eigenvalue weighted by Crippen LogP contribution is -2.34. The second-order valence-electron chi connectivity index (χ2n) is 5.58. The lowest BCUT2D eigenvalue weighted by atomic mass is 10.0. The highest BCUT2D eigenvalue weighted by Gasteiger charge is 2.18. The van der Waals surface area contributed by atoms with Crippen LogP contribution in [-0.4, -0.2) is 38.0 Å². The predicted molar refractivity (Wildman–Crippen MR) is 95.7 cm³/mol. The highest BCUT2D eigenvalue weighted by Crippen LogP contribution is 2.34. The molecule has 134 valence electrons. The molecule has 0 aliphatic heterocycles. The zero-order valence-electron chi connectivity index (χ0n) is 14.6. The molecule has 1 aromatic rings. The lowest BCUT2D eigenvalue weighted by molar-refractivity contribution is 0.0977. The van der Waals surface area contributed by atoms with E-state index in [0.717, 1.165) is 6.42 Å². The van der Waals surface area contributed by atoms with Crippen LogP contribution in [0.25, 0.3) is 0 Å². The van der Waals surface area contributed by atoms with Gasteiger partial charge in [-0.1, -0.05) is 0 Å². The van der Waals surface area contributed by atoms with E-state index in [4.69, 9.17) is 21.1 Å². The maximum absolute atomic E-state index is 12.4. The molecule has 0 radical (unpaired) electrons. The van der Waals surface area contributed by atoms with E-state index in [-0.39, 0.29) is 17.9 Å². The number of halogens is 1. The number of hydrogen-bond donors (Lipinski definition) is 2. The number of hydrogen-bond acceptors (Lipinski definition) is 4. The van der Waals surface area contributed by atoms with Gasteiger partial charge in [0.2, 0.25) is 0 Å². The Labute approximate surface area is 147 Å². The number of alkyl halides is 1. The average molecular weight is 357 g/mol. The first-order valence-electron chi connectivity index (χ1n) is 7.85. The summed E-state index contributed by atoms with van der Waals surface area (Å²) in [4.78, 5) is 24.4. The Kier molecular flexibility index (Phi) is 8.40. The zero-order chi connectivity index (χ0) is 18.1. The zero-order valence-corrected chi connectivity index (χ0v) is 15.3. The number of amides is 2. The van der Waals surface area contributed by atoms with Crippen LogP contribution in [0, 0.1) is 0 Å². The third-order valence-electron chi connectivity index (χ3n) is 3.28. The van der Waals surface area contributed by atoms with Crippen molar-refractivity contribution in [3.63, 3.8) is 0 Å². The van der Waals surface area contributed by atoms with Crippen LogP contribution in [0.2, 0.25) is 0 Å². The Morgan fingerprint density at radius 1 is 1.12 bits per heavy atom. The minimum absolute atomic E-state index is 0.00843. The molecule has 0 aliphatic carbocycles. The molecule has 2 N–H and O–H groups in total. The van der Waals surface area contributed by atoms with Crippen molar-refractivity contribution in [3.05, 3.63) is 17.7 Å². The van der Waals surface area contributed by atoms with Gasteiger partial charge in [0.1, 0.15) is 11.5 Å². The van der Waals surface area contributed by atoms with E-state index in [1.807, 2.05) is 13.8 Å². The summed E-state index contributed by atoms with van der Waals surface area (Å²) >= 11 is 5.65. The Morgan fingerprint density at radius 3 is 2.33 bits per heavy atom. The Balaban J connectivity index is 3.07. The number of ether oxygens (including phenoxy) is 2. The SMILES string of the molecule is COc1cc(OC)c(C(=O)CCCCCl)cc1NC(=O)NC(C)C. The van der Waals surface area contributed by atoms with E-state index >= 15 is 0 Å². The molecule has 0 unspecified atom stereocenters. The first-order chi connectivity index (χ1) is 11.4. The molecular formula is C17H25ClN2O4. The van der Waals surface area contributed by atoms with E-state index in [2.05, 4.69) is 10.6 Å². The number of Topliss-reactive ketones (excluding diaryl/α,β-unsaturated/α-hetero) is 1. The molecule has 0 heterocycles. The van der Waals surface area contributed by atoms with E-state index in [1.165, 1.54) is 14.2 Å². The molecule has 1 aromatic carbocycles. The molecule has 0 atom stereocenters. The lowest BCUT2D eigenvalue weighted by Gasteiger charge is -2.16. The van der Waals surface area contributed by atoms with Crippen LogP contribution in [0.3, 0.4) is 0 Å². The molecule has 0 fully saturated rings. The first kappa shape index (κ1) is 20.1. The number of rotatable bonds is 9. The summed E-state index contributed by atoms with van der Waals surface area (Å²) in [5.41, 5.74) is 0.824. The van der Waals surface area contributed by atoms with Crippen LogP contribution in [0.5, 0.6) is 11.5 Å². The van der Waals surface area contributed by atoms with Crippen molar-refractivity contribution in [2.24, 2.45) is 0 Å². The molecule has 0 aliphatic rings. The van der Waals surface area contributed by atoms with Crippen LogP contribution < -0.4 is 20.1 Å². The van der Waals surface area contributed by atoms with Crippen LogP contribution in [0.1, 0.15) is 43.5 Å². The van der Waals surface area contributed by atoms with Crippen LogP contribution in [0.15, 0.2) is 12.1 Å². The van der Waals surface area contributed by atoms with Crippen molar-refractivity contribution in [2.45, 2.75) is 39.2 Å². The van der Waals surface area contributed by atoms with Gasteiger partial charge < -0.3 is 20.1 Å². The van der Waals surface area contributed by atoms with Gasteiger partial charge in [-0.2, -0.15) is 0 Å². The summed E-state index contributed by atoms with van der Waals surface area (Å²) in [6.07, 6.45) is 1.84. The standard InChI is InChI=1S/C17H25ClN2O4/c1-11(2)19-17(22)20-13-9-12(14(21)7-5-6-8-18)15(23-3)10-16(13)24-4/h9-11H,5-8H2,1-4H3,(H2,19,20,22). The van der Waals surface area contributed by atoms with Gasteiger partial charge in [-0.05, 0) is 32.8 Å². The molecule has 0 saturated carbocycles. The molecule has 1 rings (SSSR count). The van der Waals surface area contributed by atoms with E-state index in [9.17, 15) is 9.59 Å². The highest BCUT2D eigenvalue weighted by atomic mass is 35.5. The second-order valence-corrected chi connectivity index (χ2v) is 5.95. The van der Waals surface area contributed by atoms with E-state index in [1.54, 1.807) is 12.1 Å². The molecule has 0 spiro atoms. The van der Waals surface area contributed by atoms with Gasteiger partial charge in [-0.25, -0.2) is 4.79 Å². The van der Waals surface area contributed by atoms with Gasteiger partial charge in [-0.15, -0.1) is 11.6 Å². The number of anilines is 1. The highest BCUT2D eigenvalue weighted by molar-refractivity contribution is 6.17. The third-order valence-corrected chi connectivity index (χ3v) is 3.54. The number of methoxy groups -OCH3 is 2. The second kappa shape index (κ2) is 10.0. The van der Waals surface area contributed by atoms with Gasteiger partial charge in [0.05, 0.1) is 25.5 Å². The molecule has 24 heavy (non-hydrogen) atoms. The van der Waals surface area contributed by atoms with Crippen molar-refractivity contribution in [3.8, 4) is 11.5 Å². The number of unbranched alkanes of at least 4 members (excludes halogenated alkanes) is 1. The number of benzene rings is 1. The summed E-state index contributed by atoms with van der Waals surface area (Å²) in [5, 5.41) is 5.43. The first-order valence-corrected chi connectivity index (χ1v) is 8.39. The molecule has 0 aromatic heterocycles. The molecule has 6 nitrogen and oxygen atoms in total. The van der Waals surface area contributed by atoms with E-state index in [0.29, 0.717) is 41.5 Å². The van der Waals surface area contributed by atoms with Gasteiger partial charge >= 0.3 is 6.03 Å². The predicted octanol–water partition coefficient (Wildman–Crippen LogP) is 3.83. The monoisotopic (exact) mass is 356 g/mol. The van der Waals surface area contributed by atoms with Crippen LogP contribution in [-0.2, 0) is 0 Å². The Hall–Kier alpha value is -1.95. The quantitative estimate of drug-likeness (QED) is 0.400. The Bertz CT molecular complexity index is 576. The van der Waals surface area contributed by atoms with Gasteiger partial charge in [0, 0.05) is 24.4 Å². The smallest absolute Gasteiger partial charge is 0.319 e. The molecule has 0 saturated heterocycles. The number of carbonyl (C=O) groups is 2. The van der Waals surface area contributed by atoms with Crippen LogP contribution >= 0.6 is 11.6 Å². The van der Waals surface area contributed by atoms with Crippen LogP contribution in [0.4, 0.5) is 10.5 Å². The number of urea groups is 1. The van der Waals surface area contributed by atoms with Crippen molar-refractivity contribution in [1.82, 2.24) is 5.32 Å². The maximum Gasteiger partial charge on any atom is 0.319 e. The van der Waals surface area contributed by atoms with E-state index < -0.39 is 0 Å². The van der Waals surface area contributed by atoms with Crippen molar-refractivity contribution in [1.29, 1.82) is 0 Å². The third kappa shape index (κ3) is 5.92. The largest absolute Gasteiger partial charge is 0.496 e. The normalized spacial score (nSPS) is 10.4. The fraction of sp³-hybridized carbons (Fsp3) is 0.529. The summed E-state index contributed by atoms with van der Waals surface area (Å²) in [7, 11) is 2.98. The fourth-order valence-electron chi connectivity index (χ4n) is 2.15. The summed E-state index contributed by atoms with van der Waals surface area (Å²) in [6, 6.07) is 2.81. The summed E-state index contributed by atoms with van der Waals surface area (Å²) in [6.45, 7) is 3.72. The van der Waals surface area contributed by atoms with Gasteiger partial charge in [-0.3, -0.25) is 4.79 Å². The maximum atomic E-state index is 12.4. The molecule has 0 bridgehead atoms. The number of carbonyl (C=O) groups excluding carboxylic acids is 2. The van der Waals surface area contributed by atoms with Crippen molar-refractivity contribution in [2.75, 3.05) is 25.4 Å². The Morgan fingerprint density at radius 2 is 1.79 bits per heavy atom. The number of ketones is 1.